The average Bonchev–Trinajstić information content (AvgIpc) is 2.25. The van der Waals surface area contributed by atoms with Crippen LogP contribution in [-0.4, -0.2) is 32.9 Å². The molecule has 0 aromatic carbocycles. The SMILES string of the molecule is CC(=O)N(C(C)C)C(C(=O)O)c1ncc(Br)cc1Br. The molecule has 1 amide bonds. The third-order valence-electron chi connectivity index (χ3n) is 2.53. The van der Waals surface area contributed by atoms with Crippen LogP contribution in [0, 0.1) is 0 Å². The molecule has 1 rings (SSSR count). The van der Waals surface area contributed by atoms with Crippen LogP contribution in [0.5, 0.6) is 0 Å². The van der Waals surface area contributed by atoms with E-state index in [1.807, 2.05) is 0 Å². The largest absolute Gasteiger partial charge is 0.479 e. The Hall–Kier alpha value is -0.950. The summed E-state index contributed by atoms with van der Waals surface area (Å²) in [4.78, 5) is 28.6. The summed E-state index contributed by atoms with van der Waals surface area (Å²) >= 11 is 6.55. The fraction of sp³-hybridized carbons (Fsp3) is 0.417. The van der Waals surface area contributed by atoms with Gasteiger partial charge in [-0.15, -0.1) is 0 Å². The normalized spacial score (nSPS) is 12.3. The van der Waals surface area contributed by atoms with Gasteiger partial charge in [-0.2, -0.15) is 0 Å². The second-order valence-corrected chi connectivity index (χ2v) is 6.05. The summed E-state index contributed by atoms with van der Waals surface area (Å²) in [6.07, 6.45) is 1.51. The number of hydrogen-bond acceptors (Lipinski definition) is 3. The number of rotatable bonds is 4. The second-order valence-electron chi connectivity index (χ2n) is 4.28. The smallest absolute Gasteiger partial charge is 0.332 e. The predicted molar refractivity (Wildman–Crippen MR) is 77.7 cm³/mol. The zero-order valence-electron chi connectivity index (χ0n) is 10.7. The number of hydrogen-bond donors (Lipinski definition) is 1. The van der Waals surface area contributed by atoms with Gasteiger partial charge in [0.15, 0.2) is 6.04 Å². The van der Waals surface area contributed by atoms with Gasteiger partial charge in [0.2, 0.25) is 5.91 Å². The van der Waals surface area contributed by atoms with Gasteiger partial charge in [0, 0.05) is 28.1 Å². The predicted octanol–water partition coefficient (Wildman–Crippen LogP) is 2.99. The summed E-state index contributed by atoms with van der Waals surface area (Å²) in [6.45, 7) is 4.89. The van der Waals surface area contributed by atoms with Crippen molar-refractivity contribution in [3.05, 3.63) is 26.9 Å². The molecule has 19 heavy (non-hydrogen) atoms. The van der Waals surface area contributed by atoms with E-state index < -0.39 is 12.0 Å². The quantitative estimate of drug-likeness (QED) is 0.853. The van der Waals surface area contributed by atoms with Gasteiger partial charge in [0.1, 0.15) is 0 Å². The molecule has 5 nitrogen and oxygen atoms in total. The van der Waals surface area contributed by atoms with Gasteiger partial charge < -0.3 is 10.0 Å². The molecule has 0 spiro atoms. The number of carboxylic acids is 1. The molecule has 104 valence electrons. The summed E-state index contributed by atoms with van der Waals surface area (Å²) in [5.74, 6) is -1.42. The highest BCUT2D eigenvalue weighted by Gasteiger charge is 2.33. The Labute approximate surface area is 128 Å². The van der Waals surface area contributed by atoms with Crippen LogP contribution in [0.3, 0.4) is 0 Å². The monoisotopic (exact) mass is 392 g/mol. The molecule has 1 N–H and O–H groups in total. The molecule has 1 aromatic heterocycles. The minimum atomic E-state index is -1.11. The molecule has 0 aliphatic heterocycles. The lowest BCUT2D eigenvalue weighted by Gasteiger charge is -2.31. The van der Waals surface area contributed by atoms with Crippen LogP contribution >= 0.6 is 31.9 Å². The zero-order valence-corrected chi connectivity index (χ0v) is 13.9. The lowest BCUT2D eigenvalue weighted by molar-refractivity contribution is -0.151. The maximum Gasteiger partial charge on any atom is 0.332 e. The number of carboxylic acid groups (broad SMARTS) is 1. The number of carbonyl (C=O) groups excluding carboxylic acids is 1. The number of pyridine rings is 1. The Morgan fingerprint density at radius 3 is 2.32 bits per heavy atom. The minimum Gasteiger partial charge on any atom is -0.479 e. The molecule has 0 fully saturated rings. The van der Waals surface area contributed by atoms with Gasteiger partial charge in [-0.3, -0.25) is 9.78 Å². The van der Waals surface area contributed by atoms with Crippen molar-refractivity contribution >= 4 is 43.7 Å². The van der Waals surface area contributed by atoms with Gasteiger partial charge in [0.25, 0.3) is 0 Å². The summed E-state index contributed by atoms with van der Waals surface area (Å²) in [5, 5.41) is 9.42. The fourth-order valence-corrected chi connectivity index (χ4v) is 3.04. The molecular weight excluding hydrogens is 380 g/mol. The molecule has 1 unspecified atom stereocenters. The van der Waals surface area contributed by atoms with Gasteiger partial charge in [-0.05, 0) is 51.8 Å². The Morgan fingerprint density at radius 2 is 1.95 bits per heavy atom. The Kier molecular flexibility index (Phi) is 5.49. The topological polar surface area (TPSA) is 70.5 Å². The Balaban J connectivity index is 3.34. The van der Waals surface area contributed by atoms with Crippen LogP contribution in [0.1, 0.15) is 32.5 Å². The van der Waals surface area contributed by atoms with Crippen LogP contribution in [0.15, 0.2) is 21.2 Å². The molecule has 0 bridgehead atoms. The first-order chi connectivity index (χ1) is 8.75. The van der Waals surface area contributed by atoms with Crippen molar-refractivity contribution in [3.8, 4) is 0 Å². The molecule has 0 radical (unpaired) electrons. The first kappa shape index (κ1) is 16.1. The summed E-state index contributed by atoms with van der Waals surface area (Å²) in [6, 6.07) is 0.354. The maximum atomic E-state index is 11.7. The highest BCUT2D eigenvalue weighted by Crippen LogP contribution is 2.29. The molecule has 1 heterocycles. The molecule has 0 saturated carbocycles. The molecule has 0 aliphatic rings. The maximum absolute atomic E-state index is 11.7. The van der Waals surface area contributed by atoms with Gasteiger partial charge in [-0.1, -0.05) is 0 Å². The van der Waals surface area contributed by atoms with Crippen LogP contribution in [0.4, 0.5) is 0 Å². The lowest BCUT2D eigenvalue weighted by atomic mass is 10.1. The number of aliphatic carboxylic acids is 1. The van der Waals surface area contributed by atoms with Crippen molar-refractivity contribution in [2.75, 3.05) is 0 Å². The second kappa shape index (κ2) is 6.47. The molecule has 0 aliphatic carbocycles. The van der Waals surface area contributed by atoms with Crippen molar-refractivity contribution in [1.29, 1.82) is 0 Å². The molecule has 0 saturated heterocycles. The van der Waals surface area contributed by atoms with Gasteiger partial charge >= 0.3 is 5.97 Å². The van der Waals surface area contributed by atoms with Crippen LogP contribution in [0.25, 0.3) is 0 Å². The number of nitrogens with zero attached hydrogens (tertiary/aromatic N) is 2. The van der Waals surface area contributed by atoms with Crippen LogP contribution in [-0.2, 0) is 9.59 Å². The van der Waals surface area contributed by atoms with Gasteiger partial charge in [0.05, 0.1) is 5.69 Å². The van der Waals surface area contributed by atoms with Crippen LogP contribution in [0.2, 0.25) is 0 Å². The van der Waals surface area contributed by atoms with E-state index in [0.29, 0.717) is 10.2 Å². The number of carbonyl (C=O) groups is 2. The van der Waals surface area contributed by atoms with E-state index in [0.717, 1.165) is 4.47 Å². The summed E-state index contributed by atoms with van der Waals surface area (Å²) < 4.78 is 1.27. The van der Waals surface area contributed by atoms with Crippen LogP contribution < -0.4 is 0 Å². The third kappa shape index (κ3) is 3.76. The fourth-order valence-electron chi connectivity index (χ4n) is 1.84. The lowest BCUT2D eigenvalue weighted by Crippen LogP contribution is -2.42. The highest BCUT2D eigenvalue weighted by molar-refractivity contribution is 9.11. The summed E-state index contributed by atoms with van der Waals surface area (Å²) in [7, 11) is 0. The van der Waals surface area contributed by atoms with Crippen molar-refractivity contribution in [2.24, 2.45) is 0 Å². The van der Waals surface area contributed by atoms with E-state index in [-0.39, 0.29) is 11.9 Å². The van der Waals surface area contributed by atoms with E-state index in [2.05, 4.69) is 36.8 Å². The van der Waals surface area contributed by atoms with Crippen molar-refractivity contribution in [2.45, 2.75) is 32.9 Å². The number of aromatic nitrogens is 1. The van der Waals surface area contributed by atoms with Crippen molar-refractivity contribution < 1.29 is 14.7 Å². The van der Waals surface area contributed by atoms with E-state index in [1.165, 1.54) is 18.0 Å². The minimum absolute atomic E-state index is 0.240. The molecule has 1 aromatic rings. The van der Waals surface area contributed by atoms with E-state index in [1.54, 1.807) is 19.9 Å². The van der Waals surface area contributed by atoms with E-state index in [4.69, 9.17) is 0 Å². The third-order valence-corrected chi connectivity index (χ3v) is 3.60. The first-order valence-electron chi connectivity index (χ1n) is 5.58. The summed E-state index contributed by atoms with van der Waals surface area (Å²) in [5.41, 5.74) is 0.305. The average molecular weight is 394 g/mol. The van der Waals surface area contributed by atoms with Gasteiger partial charge in [-0.25, -0.2) is 4.79 Å². The Bertz CT molecular complexity index is 506. The number of amides is 1. The van der Waals surface area contributed by atoms with Crippen molar-refractivity contribution in [3.63, 3.8) is 0 Å². The van der Waals surface area contributed by atoms with E-state index >= 15 is 0 Å². The molecule has 1 atom stereocenters. The molecule has 7 heteroatoms. The first-order valence-corrected chi connectivity index (χ1v) is 7.17. The zero-order chi connectivity index (χ0) is 14.7. The molecular formula is C12H14Br2N2O3. The highest BCUT2D eigenvalue weighted by atomic mass is 79.9. The number of halogens is 2. The standard InChI is InChI=1S/C12H14Br2N2O3/c1-6(2)16(7(3)17)11(12(18)19)10-9(14)4-8(13)5-15-10/h4-6,11H,1-3H3,(H,18,19). The Morgan fingerprint density at radius 1 is 1.37 bits per heavy atom. The van der Waals surface area contributed by atoms with Crippen molar-refractivity contribution in [1.82, 2.24) is 9.88 Å². The van der Waals surface area contributed by atoms with E-state index in [9.17, 15) is 14.7 Å².